The summed E-state index contributed by atoms with van der Waals surface area (Å²) < 4.78 is 6.41. The van der Waals surface area contributed by atoms with Crippen LogP contribution in [-0.4, -0.2) is 22.6 Å². The molecule has 0 aromatic carbocycles. The van der Waals surface area contributed by atoms with Crippen molar-refractivity contribution in [3.63, 3.8) is 0 Å². The van der Waals surface area contributed by atoms with Gasteiger partial charge in [0.1, 0.15) is 0 Å². The molecule has 0 saturated heterocycles. The molecule has 0 unspecified atom stereocenters. The number of nitrogens with zero attached hydrogens (tertiary/aromatic N) is 2. The summed E-state index contributed by atoms with van der Waals surface area (Å²) in [5, 5.41) is 0. The monoisotopic (exact) mass is 197 g/mol. The molecular weight excluding hydrogens is 182 g/mol. The first-order valence-corrected chi connectivity index (χ1v) is 4.47. The molecule has 0 spiro atoms. The molecule has 0 aliphatic carbocycles. The summed E-state index contributed by atoms with van der Waals surface area (Å²) in [7, 11) is 1.38. The van der Waals surface area contributed by atoms with Gasteiger partial charge in [0.25, 0.3) is 0 Å². The van der Waals surface area contributed by atoms with Crippen LogP contribution in [0.25, 0.3) is 0 Å². The van der Waals surface area contributed by atoms with Crippen molar-refractivity contribution in [1.82, 2.24) is 9.55 Å². The highest BCUT2D eigenvalue weighted by Crippen LogP contribution is 2.09. The molecule has 0 saturated carbocycles. The Bertz CT molecular complexity index is 307. The highest BCUT2D eigenvalue weighted by atomic mass is 16.5. The standard InChI is InChI=1S/C9H15N3O2/c1-7(10)8-5-11-6-12(8)4-3-9(13)14-2/h5-7H,3-4,10H2,1-2H3/t7-/m1/s1. The van der Waals surface area contributed by atoms with E-state index in [0.717, 1.165) is 5.69 Å². The van der Waals surface area contributed by atoms with Gasteiger partial charge in [-0.15, -0.1) is 0 Å². The van der Waals surface area contributed by atoms with Crippen molar-refractivity contribution in [2.45, 2.75) is 25.9 Å². The van der Waals surface area contributed by atoms with E-state index in [1.54, 1.807) is 12.5 Å². The molecular formula is C9H15N3O2. The van der Waals surface area contributed by atoms with Crippen LogP contribution in [0.4, 0.5) is 0 Å². The number of esters is 1. The van der Waals surface area contributed by atoms with Gasteiger partial charge in [-0.2, -0.15) is 0 Å². The Morgan fingerprint density at radius 3 is 3.07 bits per heavy atom. The van der Waals surface area contributed by atoms with E-state index in [0.29, 0.717) is 13.0 Å². The molecule has 0 radical (unpaired) electrons. The zero-order valence-corrected chi connectivity index (χ0v) is 8.43. The molecule has 5 nitrogen and oxygen atoms in total. The predicted molar refractivity (Wildman–Crippen MR) is 51.5 cm³/mol. The van der Waals surface area contributed by atoms with E-state index in [9.17, 15) is 4.79 Å². The first-order valence-electron chi connectivity index (χ1n) is 4.47. The quantitative estimate of drug-likeness (QED) is 0.712. The average molecular weight is 197 g/mol. The molecule has 2 N–H and O–H groups in total. The van der Waals surface area contributed by atoms with Crippen LogP contribution in [0.15, 0.2) is 12.5 Å². The molecule has 0 aliphatic rings. The lowest BCUT2D eigenvalue weighted by atomic mass is 10.2. The van der Waals surface area contributed by atoms with Gasteiger partial charge in [0.15, 0.2) is 0 Å². The Kier molecular flexibility index (Phi) is 3.64. The number of carbonyl (C=O) groups excluding carboxylic acids is 1. The van der Waals surface area contributed by atoms with Gasteiger partial charge in [-0.05, 0) is 6.92 Å². The van der Waals surface area contributed by atoms with Crippen LogP contribution in [0, 0.1) is 0 Å². The second kappa shape index (κ2) is 4.76. The molecule has 0 bridgehead atoms. The average Bonchev–Trinajstić information content (AvgIpc) is 2.62. The number of methoxy groups -OCH3 is 1. The SMILES string of the molecule is COC(=O)CCn1cncc1[C@@H](C)N. The zero-order chi connectivity index (χ0) is 10.6. The lowest BCUT2D eigenvalue weighted by Gasteiger charge is -2.09. The molecule has 1 aromatic heterocycles. The van der Waals surface area contributed by atoms with E-state index in [1.165, 1.54) is 7.11 Å². The van der Waals surface area contributed by atoms with Gasteiger partial charge in [-0.1, -0.05) is 0 Å². The molecule has 0 fully saturated rings. The van der Waals surface area contributed by atoms with E-state index in [-0.39, 0.29) is 12.0 Å². The van der Waals surface area contributed by atoms with E-state index >= 15 is 0 Å². The fourth-order valence-corrected chi connectivity index (χ4v) is 1.21. The second-order valence-corrected chi connectivity index (χ2v) is 3.13. The number of carbonyl (C=O) groups is 1. The third kappa shape index (κ3) is 2.56. The van der Waals surface area contributed by atoms with Crippen molar-refractivity contribution in [2.24, 2.45) is 5.73 Å². The Labute approximate surface area is 82.9 Å². The minimum atomic E-state index is -0.227. The normalized spacial score (nSPS) is 12.5. The number of nitrogens with two attached hydrogens (primary N) is 1. The third-order valence-electron chi connectivity index (χ3n) is 2.00. The molecule has 5 heteroatoms. The minimum absolute atomic E-state index is 0.0739. The van der Waals surface area contributed by atoms with Crippen LogP contribution in [0.1, 0.15) is 25.1 Å². The lowest BCUT2D eigenvalue weighted by molar-refractivity contribution is -0.140. The number of hydrogen-bond acceptors (Lipinski definition) is 4. The minimum Gasteiger partial charge on any atom is -0.469 e. The molecule has 1 rings (SSSR count). The summed E-state index contributed by atoms with van der Waals surface area (Å²) in [5.74, 6) is -0.227. The van der Waals surface area contributed by atoms with Crippen LogP contribution in [0.2, 0.25) is 0 Å². The topological polar surface area (TPSA) is 70.1 Å². The summed E-state index contributed by atoms with van der Waals surface area (Å²) in [4.78, 5) is 14.9. The second-order valence-electron chi connectivity index (χ2n) is 3.13. The van der Waals surface area contributed by atoms with E-state index in [4.69, 9.17) is 5.73 Å². The number of rotatable bonds is 4. The molecule has 0 amide bonds. The Balaban J connectivity index is 2.58. The maximum Gasteiger partial charge on any atom is 0.307 e. The number of aromatic nitrogens is 2. The van der Waals surface area contributed by atoms with E-state index < -0.39 is 0 Å². The third-order valence-corrected chi connectivity index (χ3v) is 2.00. The summed E-state index contributed by atoms with van der Waals surface area (Å²) >= 11 is 0. The van der Waals surface area contributed by atoms with Crippen molar-refractivity contribution < 1.29 is 9.53 Å². The molecule has 0 aliphatic heterocycles. The van der Waals surface area contributed by atoms with Crippen molar-refractivity contribution in [2.75, 3.05) is 7.11 Å². The fraction of sp³-hybridized carbons (Fsp3) is 0.556. The van der Waals surface area contributed by atoms with Crippen molar-refractivity contribution in [3.05, 3.63) is 18.2 Å². The maximum absolute atomic E-state index is 10.9. The van der Waals surface area contributed by atoms with Crippen LogP contribution >= 0.6 is 0 Å². The van der Waals surface area contributed by atoms with Crippen LogP contribution in [0.3, 0.4) is 0 Å². The first kappa shape index (κ1) is 10.7. The van der Waals surface area contributed by atoms with Gasteiger partial charge >= 0.3 is 5.97 Å². The zero-order valence-electron chi connectivity index (χ0n) is 8.43. The smallest absolute Gasteiger partial charge is 0.307 e. The number of aryl methyl sites for hydroxylation is 1. The highest BCUT2D eigenvalue weighted by Gasteiger charge is 2.08. The largest absolute Gasteiger partial charge is 0.469 e. The van der Waals surface area contributed by atoms with E-state index in [2.05, 4.69) is 9.72 Å². The van der Waals surface area contributed by atoms with E-state index in [1.807, 2.05) is 11.5 Å². The van der Waals surface area contributed by atoms with Gasteiger partial charge in [0.05, 0.1) is 25.6 Å². The first-order chi connectivity index (χ1) is 6.65. The van der Waals surface area contributed by atoms with Gasteiger partial charge in [0, 0.05) is 18.8 Å². The van der Waals surface area contributed by atoms with Gasteiger partial charge < -0.3 is 15.0 Å². The molecule has 14 heavy (non-hydrogen) atoms. The lowest BCUT2D eigenvalue weighted by Crippen LogP contribution is -2.14. The predicted octanol–water partition coefficient (Wildman–Crippen LogP) is 0.466. The fourth-order valence-electron chi connectivity index (χ4n) is 1.21. The Hall–Kier alpha value is -1.36. The van der Waals surface area contributed by atoms with Gasteiger partial charge in [-0.25, -0.2) is 4.98 Å². The molecule has 78 valence electrons. The Morgan fingerprint density at radius 2 is 2.50 bits per heavy atom. The molecule has 1 aromatic rings. The van der Waals surface area contributed by atoms with Crippen molar-refractivity contribution >= 4 is 5.97 Å². The summed E-state index contributed by atoms with van der Waals surface area (Å²) in [5.41, 5.74) is 6.65. The number of ether oxygens (including phenoxy) is 1. The van der Waals surface area contributed by atoms with Gasteiger partial charge in [0.2, 0.25) is 0 Å². The molecule has 1 atom stereocenters. The van der Waals surface area contributed by atoms with Crippen molar-refractivity contribution in [1.29, 1.82) is 0 Å². The number of hydrogen-bond donors (Lipinski definition) is 1. The van der Waals surface area contributed by atoms with Gasteiger partial charge in [-0.3, -0.25) is 4.79 Å². The number of imidazole rings is 1. The summed E-state index contributed by atoms with van der Waals surface area (Å²) in [6.45, 7) is 2.44. The Morgan fingerprint density at radius 1 is 1.79 bits per heavy atom. The van der Waals surface area contributed by atoms with Crippen LogP contribution < -0.4 is 5.73 Å². The van der Waals surface area contributed by atoms with Crippen molar-refractivity contribution in [3.8, 4) is 0 Å². The maximum atomic E-state index is 10.9. The summed E-state index contributed by atoms with van der Waals surface area (Å²) in [6, 6.07) is -0.0739. The summed E-state index contributed by atoms with van der Waals surface area (Å²) in [6.07, 6.45) is 3.72. The van der Waals surface area contributed by atoms with Crippen LogP contribution in [-0.2, 0) is 16.1 Å². The highest BCUT2D eigenvalue weighted by molar-refractivity contribution is 5.68. The van der Waals surface area contributed by atoms with Crippen LogP contribution in [0.5, 0.6) is 0 Å². The molecule has 1 heterocycles.